The van der Waals surface area contributed by atoms with Crippen LogP contribution in [-0.2, 0) is 0 Å². The summed E-state index contributed by atoms with van der Waals surface area (Å²) in [7, 11) is 0. The van der Waals surface area contributed by atoms with Crippen molar-refractivity contribution in [1.82, 2.24) is 10.3 Å². The summed E-state index contributed by atoms with van der Waals surface area (Å²) in [5.74, 6) is -0.102. The summed E-state index contributed by atoms with van der Waals surface area (Å²) in [4.78, 5) is 16.1. The smallest absolute Gasteiger partial charge is 0.363 e. The van der Waals surface area contributed by atoms with Crippen molar-refractivity contribution in [2.24, 2.45) is 0 Å². The maximum absolute atomic E-state index is 10.5. The molecule has 17 heavy (non-hydrogen) atoms. The molecule has 0 radical (unpaired) electrons. The van der Waals surface area contributed by atoms with Gasteiger partial charge < -0.3 is 20.3 Å². The molecule has 1 fully saturated rings. The molecule has 0 aliphatic carbocycles. The predicted molar refractivity (Wildman–Crippen MR) is 65.2 cm³/mol. The van der Waals surface area contributed by atoms with Gasteiger partial charge in [0, 0.05) is 25.2 Å². The van der Waals surface area contributed by atoms with Crippen LogP contribution in [0.15, 0.2) is 18.3 Å². The molecule has 1 atom stereocenters. The quantitative estimate of drug-likeness (QED) is 0.627. The van der Waals surface area contributed by atoms with Gasteiger partial charge in [-0.3, -0.25) is 0 Å². The first-order valence-corrected chi connectivity index (χ1v) is 5.80. The molecule has 0 spiro atoms. The van der Waals surface area contributed by atoms with E-state index < -0.39 is 4.92 Å². The zero-order valence-electron chi connectivity index (χ0n) is 9.80. The lowest BCUT2D eigenvalue weighted by Crippen LogP contribution is -2.36. The summed E-state index contributed by atoms with van der Waals surface area (Å²) in [5, 5.41) is 13.8. The zero-order valence-corrected chi connectivity index (χ0v) is 9.80. The topological polar surface area (TPSA) is 71.3 Å². The monoisotopic (exact) mass is 236 g/mol. The molecule has 1 unspecified atom stereocenters. The Morgan fingerprint density at radius 1 is 1.65 bits per heavy atom. The summed E-state index contributed by atoms with van der Waals surface area (Å²) >= 11 is 0. The van der Waals surface area contributed by atoms with Gasteiger partial charge in [0.15, 0.2) is 6.20 Å². The van der Waals surface area contributed by atoms with Crippen LogP contribution in [0, 0.1) is 10.1 Å². The molecule has 92 valence electrons. The fourth-order valence-electron chi connectivity index (χ4n) is 2.21. The maximum atomic E-state index is 10.5. The van der Waals surface area contributed by atoms with Gasteiger partial charge in [-0.25, -0.2) is 0 Å². The molecular weight excluding hydrogens is 220 g/mol. The first kappa shape index (κ1) is 11.8. The minimum Gasteiger partial charge on any atom is -0.364 e. The normalized spacial score (nSPS) is 19.2. The van der Waals surface area contributed by atoms with Crippen molar-refractivity contribution in [3.63, 3.8) is 0 Å². The van der Waals surface area contributed by atoms with Gasteiger partial charge in [-0.05, 0) is 35.9 Å². The van der Waals surface area contributed by atoms with Crippen molar-refractivity contribution in [1.29, 1.82) is 0 Å². The molecule has 2 heterocycles. The lowest BCUT2D eigenvalue weighted by atomic mass is 10.2. The Labute approximate surface area is 99.8 Å². The Balaban J connectivity index is 2.16. The number of hydrogen-bond donors (Lipinski definition) is 1. The highest BCUT2D eigenvalue weighted by Gasteiger charge is 2.22. The van der Waals surface area contributed by atoms with E-state index in [1.807, 2.05) is 0 Å². The molecule has 1 aromatic heterocycles. The summed E-state index contributed by atoms with van der Waals surface area (Å²) in [5.41, 5.74) is 0.951. The molecule has 2 rings (SSSR count). The molecule has 0 amide bonds. The number of likely N-dealkylation sites (N-methyl/N-ethyl adjacent to an activating group) is 1. The van der Waals surface area contributed by atoms with Crippen LogP contribution in [0.25, 0.3) is 0 Å². The fraction of sp³-hybridized carbons (Fsp3) is 0.545. The van der Waals surface area contributed by atoms with Gasteiger partial charge in [-0.15, -0.1) is 0 Å². The van der Waals surface area contributed by atoms with Gasteiger partial charge in [-0.1, -0.05) is 0 Å². The second-order valence-corrected chi connectivity index (χ2v) is 4.06. The number of hydrogen-bond acceptors (Lipinski definition) is 5. The van der Waals surface area contributed by atoms with Gasteiger partial charge in [0.05, 0.1) is 5.69 Å². The SMILES string of the molecule is CCN(c1ccc([N+](=O)[O-])nc1)C1CCNC1. The van der Waals surface area contributed by atoms with Crippen molar-refractivity contribution < 1.29 is 4.92 Å². The molecule has 0 saturated carbocycles. The summed E-state index contributed by atoms with van der Waals surface area (Å²) in [6.07, 6.45) is 2.69. The zero-order chi connectivity index (χ0) is 12.3. The van der Waals surface area contributed by atoms with E-state index in [9.17, 15) is 10.1 Å². The van der Waals surface area contributed by atoms with Gasteiger partial charge in [-0.2, -0.15) is 0 Å². The van der Waals surface area contributed by atoms with E-state index in [-0.39, 0.29) is 5.82 Å². The lowest BCUT2D eigenvalue weighted by Gasteiger charge is -2.28. The van der Waals surface area contributed by atoms with Crippen LogP contribution < -0.4 is 10.2 Å². The highest BCUT2D eigenvalue weighted by molar-refractivity contribution is 5.47. The maximum Gasteiger partial charge on any atom is 0.363 e. The van der Waals surface area contributed by atoms with Crippen LogP contribution in [0.4, 0.5) is 11.5 Å². The molecule has 1 saturated heterocycles. The van der Waals surface area contributed by atoms with E-state index in [1.54, 1.807) is 12.3 Å². The number of nitrogens with one attached hydrogen (secondary N) is 1. The van der Waals surface area contributed by atoms with Crippen molar-refractivity contribution >= 4 is 11.5 Å². The number of rotatable bonds is 4. The first-order valence-electron chi connectivity index (χ1n) is 5.80. The average molecular weight is 236 g/mol. The largest absolute Gasteiger partial charge is 0.364 e. The van der Waals surface area contributed by atoms with Gasteiger partial charge in [0.25, 0.3) is 0 Å². The Hall–Kier alpha value is -1.69. The predicted octanol–water partition coefficient (Wildman–Crippen LogP) is 1.18. The van der Waals surface area contributed by atoms with E-state index >= 15 is 0 Å². The highest BCUT2D eigenvalue weighted by Crippen LogP contribution is 2.20. The Kier molecular flexibility index (Phi) is 3.53. The van der Waals surface area contributed by atoms with Crippen LogP contribution in [0.2, 0.25) is 0 Å². The van der Waals surface area contributed by atoms with E-state index in [2.05, 4.69) is 22.1 Å². The first-order chi connectivity index (χ1) is 8.22. The summed E-state index contributed by atoms with van der Waals surface area (Å²) in [6, 6.07) is 3.69. The van der Waals surface area contributed by atoms with E-state index in [0.29, 0.717) is 6.04 Å². The number of anilines is 1. The molecule has 1 N–H and O–H groups in total. The third-order valence-electron chi connectivity index (χ3n) is 3.07. The second kappa shape index (κ2) is 5.09. The third kappa shape index (κ3) is 2.52. The lowest BCUT2D eigenvalue weighted by molar-refractivity contribution is -0.389. The number of nitrogens with zero attached hydrogens (tertiary/aromatic N) is 3. The Bertz CT molecular complexity index is 387. The van der Waals surface area contributed by atoms with Crippen LogP contribution in [0.3, 0.4) is 0 Å². The van der Waals surface area contributed by atoms with Gasteiger partial charge >= 0.3 is 5.82 Å². The second-order valence-electron chi connectivity index (χ2n) is 4.06. The van der Waals surface area contributed by atoms with E-state index in [4.69, 9.17) is 0 Å². The van der Waals surface area contributed by atoms with Crippen LogP contribution in [0.1, 0.15) is 13.3 Å². The highest BCUT2D eigenvalue weighted by atomic mass is 16.6. The molecular formula is C11H16N4O2. The molecule has 6 heteroatoms. The fourth-order valence-corrected chi connectivity index (χ4v) is 2.21. The minimum absolute atomic E-state index is 0.102. The summed E-state index contributed by atoms with van der Waals surface area (Å²) < 4.78 is 0. The van der Waals surface area contributed by atoms with E-state index in [0.717, 1.165) is 31.7 Å². The van der Waals surface area contributed by atoms with Gasteiger partial charge in [0.1, 0.15) is 0 Å². The summed E-state index contributed by atoms with van der Waals surface area (Å²) in [6.45, 7) is 4.96. The van der Waals surface area contributed by atoms with Gasteiger partial charge in [0.2, 0.25) is 0 Å². The van der Waals surface area contributed by atoms with Crippen molar-refractivity contribution in [3.05, 3.63) is 28.4 Å². The molecule has 1 aromatic rings. The standard InChI is InChI=1S/C11H16N4O2/c1-2-14(10-5-6-12-7-10)9-3-4-11(13-8-9)15(16)17/h3-4,8,10,12H,2,5-7H2,1H3. The molecule has 6 nitrogen and oxygen atoms in total. The molecule has 0 aromatic carbocycles. The van der Waals surface area contributed by atoms with E-state index in [1.165, 1.54) is 6.07 Å². The molecule has 0 bridgehead atoms. The Morgan fingerprint density at radius 2 is 2.47 bits per heavy atom. The molecule has 1 aliphatic heterocycles. The molecule has 1 aliphatic rings. The van der Waals surface area contributed by atoms with Crippen molar-refractivity contribution in [2.75, 3.05) is 24.5 Å². The number of nitro groups is 1. The van der Waals surface area contributed by atoms with Crippen LogP contribution >= 0.6 is 0 Å². The van der Waals surface area contributed by atoms with Crippen molar-refractivity contribution in [3.8, 4) is 0 Å². The Morgan fingerprint density at radius 3 is 2.94 bits per heavy atom. The number of aromatic nitrogens is 1. The minimum atomic E-state index is -0.475. The third-order valence-corrected chi connectivity index (χ3v) is 3.07. The van der Waals surface area contributed by atoms with Crippen LogP contribution in [0.5, 0.6) is 0 Å². The van der Waals surface area contributed by atoms with Crippen LogP contribution in [-0.4, -0.2) is 35.6 Å². The number of pyridine rings is 1. The average Bonchev–Trinajstić information content (AvgIpc) is 2.84. The van der Waals surface area contributed by atoms with Crippen molar-refractivity contribution in [2.45, 2.75) is 19.4 Å².